The summed E-state index contributed by atoms with van der Waals surface area (Å²) in [6, 6.07) is 9.11. The predicted molar refractivity (Wildman–Crippen MR) is 136 cm³/mol. The van der Waals surface area contributed by atoms with Crippen molar-refractivity contribution >= 4 is 46.3 Å². The maximum atomic E-state index is 5.74. The lowest BCUT2D eigenvalue weighted by Gasteiger charge is -2.33. The summed E-state index contributed by atoms with van der Waals surface area (Å²) in [5.41, 5.74) is 0. The Hall–Kier alpha value is -1.26. The quantitative estimate of drug-likeness (QED) is 0.310. The number of aliphatic imine (C=N–C) groups is 1. The smallest absolute Gasteiger partial charge is 0.191 e. The highest BCUT2D eigenvalue weighted by Crippen LogP contribution is 2.26. The number of hydrogen-bond donors (Lipinski definition) is 2. The Balaban J connectivity index is 0.00000256. The van der Waals surface area contributed by atoms with E-state index < -0.39 is 0 Å². The van der Waals surface area contributed by atoms with Gasteiger partial charge in [-0.05, 0) is 75.3 Å². The fourth-order valence-corrected chi connectivity index (χ4v) is 5.09. The van der Waals surface area contributed by atoms with Crippen LogP contribution in [0.25, 0.3) is 0 Å². The first-order valence-corrected chi connectivity index (χ1v) is 11.8. The largest absolute Gasteiger partial charge is 0.468 e. The summed E-state index contributed by atoms with van der Waals surface area (Å²) < 4.78 is 5.74. The predicted octanol–water partition coefficient (Wildman–Crippen LogP) is 4.32. The molecule has 2 aliphatic rings. The van der Waals surface area contributed by atoms with Gasteiger partial charge in [0.05, 0.1) is 23.9 Å². The molecule has 8 heteroatoms. The van der Waals surface area contributed by atoms with Crippen molar-refractivity contribution in [2.45, 2.75) is 44.7 Å². The van der Waals surface area contributed by atoms with E-state index >= 15 is 0 Å². The molecule has 1 atom stereocenters. The molecule has 2 aromatic rings. The highest BCUT2D eigenvalue weighted by atomic mass is 127. The SMILES string of the molecule is CCNC(=NCC(c1ccco1)N1CCCC1)NC1CCN(c2cccs2)CC1.I. The van der Waals surface area contributed by atoms with Gasteiger partial charge in [0.2, 0.25) is 0 Å². The van der Waals surface area contributed by atoms with E-state index in [0.717, 1.165) is 63.8 Å². The Morgan fingerprint density at radius 1 is 1.20 bits per heavy atom. The molecule has 0 aromatic carbocycles. The molecule has 4 heterocycles. The van der Waals surface area contributed by atoms with Crippen molar-refractivity contribution in [3.8, 4) is 0 Å². The summed E-state index contributed by atoms with van der Waals surface area (Å²) in [5, 5.41) is 10.7. The molecule has 166 valence electrons. The molecule has 4 rings (SSSR count). The van der Waals surface area contributed by atoms with Crippen LogP contribution >= 0.6 is 35.3 Å². The first-order chi connectivity index (χ1) is 14.3. The topological polar surface area (TPSA) is 56.0 Å². The number of piperidine rings is 1. The van der Waals surface area contributed by atoms with Crippen LogP contribution in [-0.2, 0) is 0 Å². The van der Waals surface area contributed by atoms with Crippen molar-refractivity contribution < 1.29 is 4.42 Å². The molecule has 0 radical (unpaired) electrons. The van der Waals surface area contributed by atoms with Crippen LogP contribution in [0.5, 0.6) is 0 Å². The van der Waals surface area contributed by atoms with E-state index in [1.165, 1.54) is 17.8 Å². The van der Waals surface area contributed by atoms with Crippen molar-refractivity contribution in [3.63, 3.8) is 0 Å². The molecule has 2 saturated heterocycles. The third-order valence-corrected chi connectivity index (χ3v) is 6.80. The average Bonchev–Trinajstić information content (AvgIpc) is 3.52. The zero-order valence-electron chi connectivity index (χ0n) is 17.8. The van der Waals surface area contributed by atoms with Crippen molar-refractivity contribution in [1.29, 1.82) is 0 Å². The summed E-state index contributed by atoms with van der Waals surface area (Å²) in [4.78, 5) is 9.96. The second-order valence-corrected chi connectivity index (χ2v) is 8.78. The average molecular weight is 544 g/mol. The number of furan rings is 1. The molecular weight excluding hydrogens is 509 g/mol. The standard InChI is InChI=1S/C22H33N5OS.HI/c1-2-23-22(25-18-9-13-27(14-10-18)21-8-6-16-29-21)24-17-19(20-7-5-15-28-20)26-11-3-4-12-26;/h5-8,15-16,18-19H,2-4,9-14,17H2,1H3,(H2,23,24,25);1H. The van der Waals surface area contributed by atoms with Crippen molar-refractivity contribution in [1.82, 2.24) is 15.5 Å². The molecular formula is C22H34IN5OS. The second-order valence-electron chi connectivity index (χ2n) is 7.85. The van der Waals surface area contributed by atoms with Gasteiger partial charge in [0, 0.05) is 25.7 Å². The molecule has 2 aliphatic heterocycles. The lowest BCUT2D eigenvalue weighted by molar-refractivity contribution is 0.221. The van der Waals surface area contributed by atoms with Gasteiger partial charge in [0.25, 0.3) is 0 Å². The lowest BCUT2D eigenvalue weighted by Crippen LogP contribution is -2.49. The van der Waals surface area contributed by atoms with Crippen molar-refractivity contribution in [3.05, 3.63) is 41.7 Å². The minimum Gasteiger partial charge on any atom is -0.468 e. The van der Waals surface area contributed by atoms with E-state index in [2.05, 4.69) is 50.9 Å². The van der Waals surface area contributed by atoms with Gasteiger partial charge in [0.15, 0.2) is 5.96 Å². The molecule has 2 N–H and O–H groups in total. The number of guanidine groups is 1. The Morgan fingerprint density at radius 3 is 2.63 bits per heavy atom. The van der Waals surface area contributed by atoms with E-state index in [1.54, 1.807) is 6.26 Å². The van der Waals surface area contributed by atoms with Gasteiger partial charge in [0.1, 0.15) is 5.76 Å². The maximum Gasteiger partial charge on any atom is 0.191 e. The van der Waals surface area contributed by atoms with E-state index in [9.17, 15) is 0 Å². The number of anilines is 1. The number of rotatable bonds is 7. The number of nitrogens with zero attached hydrogens (tertiary/aromatic N) is 3. The first kappa shape index (κ1) is 23.4. The molecule has 30 heavy (non-hydrogen) atoms. The van der Waals surface area contributed by atoms with Crippen LogP contribution in [0.3, 0.4) is 0 Å². The zero-order valence-corrected chi connectivity index (χ0v) is 20.9. The van der Waals surface area contributed by atoms with E-state index in [1.807, 2.05) is 17.4 Å². The Morgan fingerprint density at radius 2 is 2.00 bits per heavy atom. The van der Waals surface area contributed by atoms with Gasteiger partial charge in [-0.2, -0.15) is 0 Å². The molecule has 0 spiro atoms. The molecule has 2 fully saturated rings. The summed E-state index contributed by atoms with van der Waals surface area (Å²) in [5.74, 6) is 1.95. The molecule has 6 nitrogen and oxygen atoms in total. The van der Waals surface area contributed by atoms with Crippen LogP contribution < -0.4 is 15.5 Å². The van der Waals surface area contributed by atoms with Crippen molar-refractivity contribution in [2.24, 2.45) is 4.99 Å². The van der Waals surface area contributed by atoms with E-state index in [0.29, 0.717) is 6.04 Å². The number of likely N-dealkylation sites (tertiary alicyclic amines) is 1. The monoisotopic (exact) mass is 543 g/mol. The normalized spacial score (nSPS) is 19.5. The minimum atomic E-state index is 0. The summed E-state index contributed by atoms with van der Waals surface area (Å²) in [6.45, 7) is 8.17. The van der Waals surface area contributed by atoms with Gasteiger partial charge in [-0.1, -0.05) is 0 Å². The molecule has 0 saturated carbocycles. The van der Waals surface area contributed by atoms with E-state index in [-0.39, 0.29) is 30.0 Å². The highest BCUT2D eigenvalue weighted by Gasteiger charge is 2.26. The highest BCUT2D eigenvalue weighted by molar-refractivity contribution is 14.0. The van der Waals surface area contributed by atoms with Gasteiger partial charge < -0.3 is 20.0 Å². The molecule has 2 aromatic heterocycles. The molecule has 1 unspecified atom stereocenters. The van der Waals surface area contributed by atoms with Crippen LogP contribution in [0.1, 0.15) is 44.4 Å². The Kier molecular flexibility index (Phi) is 9.32. The third-order valence-electron chi connectivity index (χ3n) is 5.87. The number of hydrogen-bond acceptors (Lipinski definition) is 5. The Bertz CT molecular complexity index is 738. The number of halogens is 1. The molecule has 0 aliphatic carbocycles. The fourth-order valence-electron chi connectivity index (χ4n) is 4.30. The summed E-state index contributed by atoms with van der Waals surface area (Å²) >= 11 is 1.83. The zero-order chi connectivity index (χ0) is 19.9. The van der Waals surface area contributed by atoms with Crippen LogP contribution in [0, 0.1) is 0 Å². The van der Waals surface area contributed by atoms with E-state index in [4.69, 9.17) is 9.41 Å². The van der Waals surface area contributed by atoms with Crippen LogP contribution in [-0.4, -0.2) is 56.2 Å². The summed E-state index contributed by atoms with van der Waals surface area (Å²) in [6.07, 6.45) is 6.57. The van der Waals surface area contributed by atoms with Gasteiger partial charge in [-0.25, -0.2) is 0 Å². The number of thiophene rings is 1. The second kappa shape index (κ2) is 12.0. The van der Waals surface area contributed by atoms with Gasteiger partial charge in [-0.15, -0.1) is 35.3 Å². The third kappa shape index (κ3) is 6.13. The van der Waals surface area contributed by atoms with Crippen LogP contribution in [0.15, 0.2) is 45.3 Å². The van der Waals surface area contributed by atoms with Gasteiger partial charge in [-0.3, -0.25) is 9.89 Å². The van der Waals surface area contributed by atoms with Gasteiger partial charge >= 0.3 is 0 Å². The molecule has 0 bridgehead atoms. The van der Waals surface area contributed by atoms with Crippen molar-refractivity contribution in [2.75, 3.05) is 44.2 Å². The maximum absolute atomic E-state index is 5.74. The minimum absolute atomic E-state index is 0. The first-order valence-electron chi connectivity index (χ1n) is 10.9. The number of nitrogens with one attached hydrogen (secondary N) is 2. The lowest BCUT2D eigenvalue weighted by atomic mass is 10.1. The van der Waals surface area contributed by atoms with Crippen LogP contribution in [0.2, 0.25) is 0 Å². The molecule has 0 amide bonds. The Labute approximate surface area is 201 Å². The van der Waals surface area contributed by atoms with Crippen LogP contribution in [0.4, 0.5) is 5.00 Å². The summed E-state index contributed by atoms with van der Waals surface area (Å²) in [7, 11) is 0. The fraction of sp³-hybridized carbons (Fsp3) is 0.591.